The van der Waals surface area contributed by atoms with Crippen LogP contribution < -0.4 is 11.1 Å². The average molecular weight is 726 g/mol. The molecule has 2 aliphatic carbocycles. The number of fused-ring (bicyclic) bond motifs is 4. The molecule has 1 amide bonds. The molecular formula is C36H30F7N7O2. The third kappa shape index (κ3) is 6.33. The van der Waals surface area contributed by atoms with E-state index in [1.165, 1.54) is 18.5 Å². The molecule has 16 heteroatoms. The number of rotatable bonds is 7. The molecule has 0 spiro atoms. The number of nitrogen functional groups attached to an aromatic ring is 1. The highest BCUT2D eigenvalue weighted by molar-refractivity contribution is 6.00. The van der Waals surface area contributed by atoms with Crippen molar-refractivity contribution < 1.29 is 40.6 Å². The largest absolute Gasteiger partial charge is 0.435 e. The van der Waals surface area contributed by atoms with Crippen molar-refractivity contribution in [2.45, 2.75) is 62.9 Å². The highest BCUT2D eigenvalue weighted by Gasteiger charge is 2.68. The summed E-state index contributed by atoms with van der Waals surface area (Å²) in [5.74, 6) is -3.19. The van der Waals surface area contributed by atoms with E-state index in [2.05, 4.69) is 27.4 Å². The molecule has 0 bridgehead atoms. The Morgan fingerprint density at radius 2 is 1.81 bits per heavy atom. The number of pyridine rings is 1. The summed E-state index contributed by atoms with van der Waals surface area (Å²) in [5, 5.41) is 21.2. The molecule has 0 saturated heterocycles. The molecule has 1 fully saturated rings. The van der Waals surface area contributed by atoms with Crippen LogP contribution in [0.4, 0.5) is 36.6 Å². The zero-order chi connectivity index (χ0) is 37.5. The van der Waals surface area contributed by atoms with Crippen molar-refractivity contribution in [3.05, 3.63) is 94.1 Å². The van der Waals surface area contributed by atoms with Crippen LogP contribution in [0.3, 0.4) is 0 Å². The van der Waals surface area contributed by atoms with E-state index in [-0.39, 0.29) is 35.6 Å². The molecule has 3 atom stereocenters. The number of carbonyl (C=O) groups is 1. The molecule has 4 N–H and O–H groups in total. The number of benzene rings is 2. The predicted molar refractivity (Wildman–Crippen MR) is 174 cm³/mol. The first kappa shape index (κ1) is 35.0. The summed E-state index contributed by atoms with van der Waals surface area (Å²) in [6.45, 7) is 1.88. The number of hydrogen-bond donors (Lipinski definition) is 3. The first-order valence-electron chi connectivity index (χ1n) is 16.1. The van der Waals surface area contributed by atoms with Crippen molar-refractivity contribution >= 4 is 22.6 Å². The van der Waals surface area contributed by atoms with Crippen LogP contribution in [-0.4, -0.2) is 41.2 Å². The molecule has 3 aromatic heterocycles. The summed E-state index contributed by atoms with van der Waals surface area (Å²) in [6.07, 6.45) is -5.47. The predicted octanol–water partition coefficient (Wildman–Crippen LogP) is 6.14. The fourth-order valence-electron chi connectivity index (χ4n) is 6.99. The minimum Gasteiger partial charge on any atom is -0.382 e. The first-order chi connectivity index (χ1) is 24.3. The van der Waals surface area contributed by atoms with Gasteiger partial charge in [0.05, 0.1) is 17.3 Å². The molecule has 2 aliphatic rings. The molecule has 9 nitrogen and oxygen atoms in total. The van der Waals surface area contributed by atoms with E-state index in [1.807, 2.05) is 0 Å². The third-order valence-electron chi connectivity index (χ3n) is 9.13. The molecule has 270 valence electrons. The van der Waals surface area contributed by atoms with Crippen LogP contribution in [0.2, 0.25) is 0 Å². The monoisotopic (exact) mass is 725 g/mol. The molecule has 3 heterocycles. The minimum atomic E-state index is -5.04. The van der Waals surface area contributed by atoms with Crippen molar-refractivity contribution in [2.24, 2.45) is 13.0 Å². The first-order valence-corrected chi connectivity index (χ1v) is 16.1. The molecule has 0 aliphatic heterocycles. The Morgan fingerprint density at radius 1 is 1.10 bits per heavy atom. The van der Waals surface area contributed by atoms with Gasteiger partial charge in [-0.25, -0.2) is 13.8 Å². The second-order valence-corrected chi connectivity index (χ2v) is 13.6. The highest BCUT2D eigenvalue weighted by atomic mass is 19.4. The summed E-state index contributed by atoms with van der Waals surface area (Å²) in [7, 11) is 1.66. The zero-order valence-corrected chi connectivity index (χ0v) is 27.8. The number of aryl methyl sites for hydroxylation is 1. The van der Waals surface area contributed by atoms with Crippen molar-refractivity contribution in [1.82, 2.24) is 29.9 Å². The summed E-state index contributed by atoms with van der Waals surface area (Å²) in [4.78, 5) is 18.5. The van der Waals surface area contributed by atoms with Gasteiger partial charge in [0.25, 0.3) is 5.92 Å². The third-order valence-corrected chi connectivity index (χ3v) is 9.13. The summed E-state index contributed by atoms with van der Waals surface area (Å²) < 4.78 is 103. The van der Waals surface area contributed by atoms with Crippen LogP contribution in [0, 0.1) is 29.4 Å². The second-order valence-electron chi connectivity index (χ2n) is 13.6. The lowest BCUT2D eigenvalue weighted by Gasteiger charge is -2.23. The zero-order valence-electron chi connectivity index (χ0n) is 27.8. The lowest BCUT2D eigenvalue weighted by Crippen LogP contribution is -2.35. The van der Waals surface area contributed by atoms with Crippen LogP contribution in [0.1, 0.15) is 66.1 Å². The Morgan fingerprint density at radius 3 is 2.48 bits per heavy atom. The van der Waals surface area contributed by atoms with Gasteiger partial charge in [-0.3, -0.25) is 14.2 Å². The van der Waals surface area contributed by atoms with Gasteiger partial charge in [0, 0.05) is 41.1 Å². The van der Waals surface area contributed by atoms with Crippen molar-refractivity contribution in [2.75, 3.05) is 5.73 Å². The van der Waals surface area contributed by atoms with Gasteiger partial charge in [-0.05, 0) is 74.4 Å². The van der Waals surface area contributed by atoms with E-state index in [0.29, 0.717) is 32.8 Å². The standard InChI is InChI=1S/C36H30F7N7O2/c1-34(2,52)10-9-20-7-8-21(22-5-4-6-23-30(22)49(3)48-33(23)44)29(45-20)26(13-17-11-18(37)14-19(38)12-17)46-27(51)16-50-32-28(31(47-50)36(41,42)43)24-15-25(24)35(32,39)40/h4-8,11-12,14,24-26,52H,13,15-16H2,1-3H3,(H2,44,48)(H,46,51)/t24-,25?,26-/m0/s1. The van der Waals surface area contributed by atoms with Crippen LogP contribution in [0.5, 0.6) is 0 Å². The topological polar surface area (TPSA) is 124 Å². The van der Waals surface area contributed by atoms with Crippen LogP contribution >= 0.6 is 0 Å². The van der Waals surface area contributed by atoms with Crippen molar-refractivity contribution in [3.8, 4) is 23.0 Å². The number of para-hydroxylation sites is 1. The Kier molecular flexibility index (Phi) is 8.13. The maximum absolute atomic E-state index is 15.3. The Hall–Kier alpha value is -5.43. The van der Waals surface area contributed by atoms with Crippen LogP contribution in [0.25, 0.3) is 22.0 Å². The number of alkyl halides is 5. The molecule has 1 saturated carbocycles. The molecule has 2 aromatic carbocycles. The van der Waals surface area contributed by atoms with E-state index in [1.54, 1.807) is 37.4 Å². The summed E-state index contributed by atoms with van der Waals surface area (Å²) in [6, 6.07) is 9.80. The lowest BCUT2D eigenvalue weighted by atomic mass is 9.93. The summed E-state index contributed by atoms with van der Waals surface area (Å²) >= 11 is 0. The lowest BCUT2D eigenvalue weighted by molar-refractivity contribution is -0.142. The number of nitrogens with zero attached hydrogens (tertiary/aromatic N) is 5. The number of halogens is 7. The number of anilines is 1. The van der Waals surface area contributed by atoms with E-state index >= 15 is 8.78 Å². The number of aliphatic hydroxyl groups is 1. The van der Waals surface area contributed by atoms with Gasteiger partial charge in [-0.15, -0.1) is 0 Å². The number of amides is 1. The van der Waals surface area contributed by atoms with Gasteiger partial charge in [0.2, 0.25) is 5.91 Å². The van der Waals surface area contributed by atoms with Gasteiger partial charge >= 0.3 is 6.18 Å². The van der Waals surface area contributed by atoms with Gasteiger partial charge in [0.1, 0.15) is 35.2 Å². The smallest absolute Gasteiger partial charge is 0.382 e. The van der Waals surface area contributed by atoms with Crippen molar-refractivity contribution in [1.29, 1.82) is 0 Å². The second kappa shape index (κ2) is 12.1. The van der Waals surface area contributed by atoms with E-state index < -0.39 is 76.6 Å². The van der Waals surface area contributed by atoms with Gasteiger partial charge < -0.3 is 16.2 Å². The van der Waals surface area contributed by atoms with Crippen LogP contribution in [0.15, 0.2) is 48.5 Å². The molecule has 5 aromatic rings. The number of nitrogens with one attached hydrogen (secondary N) is 1. The Labute approximate surface area is 291 Å². The number of nitrogens with two attached hydrogens (primary N) is 1. The maximum Gasteiger partial charge on any atom is 0.435 e. The van der Waals surface area contributed by atoms with Crippen molar-refractivity contribution in [3.63, 3.8) is 0 Å². The molecule has 1 unspecified atom stereocenters. The minimum absolute atomic E-state index is 0.0671. The molecular weight excluding hydrogens is 695 g/mol. The Balaban J connectivity index is 1.36. The Bertz CT molecular complexity index is 2310. The average Bonchev–Trinajstić information content (AvgIpc) is 3.59. The quantitative estimate of drug-likeness (QED) is 0.137. The summed E-state index contributed by atoms with van der Waals surface area (Å²) in [5.41, 5.74) is 3.46. The number of carbonyl (C=O) groups excluding carboxylic acids is 1. The number of aromatic nitrogens is 5. The normalized spacial score (nSPS) is 18.1. The van der Waals surface area contributed by atoms with Gasteiger partial charge in [-0.2, -0.15) is 32.1 Å². The van der Waals surface area contributed by atoms with E-state index in [0.717, 1.165) is 12.1 Å². The van der Waals surface area contributed by atoms with Gasteiger partial charge in [0.15, 0.2) is 11.5 Å². The van der Waals surface area contributed by atoms with E-state index in [4.69, 9.17) is 10.7 Å². The molecule has 52 heavy (non-hydrogen) atoms. The van der Waals surface area contributed by atoms with Crippen LogP contribution in [-0.2, 0) is 36.9 Å². The molecule has 0 radical (unpaired) electrons. The number of hydrogen-bond acceptors (Lipinski definition) is 6. The molecule has 7 rings (SSSR count). The fourth-order valence-corrected chi connectivity index (χ4v) is 6.99. The fraction of sp³-hybridized carbons (Fsp3) is 0.333. The highest BCUT2D eigenvalue weighted by Crippen LogP contribution is 2.68. The SMILES string of the molecule is Cn1nc(N)c2cccc(-c3ccc(C#CC(C)(C)O)nc3[C@H](Cc3cc(F)cc(F)c3)NC(=O)Cn3nc(C(F)(F)F)c4c3C(F)(F)C3C[C@H]43)c21. The van der Waals surface area contributed by atoms with E-state index in [9.17, 15) is 31.9 Å². The van der Waals surface area contributed by atoms with Gasteiger partial charge in [-0.1, -0.05) is 18.1 Å². The maximum atomic E-state index is 15.3.